The summed E-state index contributed by atoms with van der Waals surface area (Å²) in [6.45, 7) is 2.21. The Morgan fingerprint density at radius 1 is 1.33 bits per heavy atom. The van der Waals surface area contributed by atoms with Gasteiger partial charge in [0, 0.05) is 19.2 Å². The van der Waals surface area contributed by atoms with Crippen molar-refractivity contribution >= 4 is 7.82 Å². The van der Waals surface area contributed by atoms with Crippen LogP contribution in [0.15, 0.2) is 30.6 Å². The standard InChI is InChI=1S/C11H18NO5P/c1-3-11(15-2)17-18(13,14)16-10-9-12-7-5-4-6-8-12/h4-8,11H,3,9-10H2,1-2H3. The van der Waals surface area contributed by atoms with E-state index in [4.69, 9.17) is 13.8 Å². The number of methoxy groups -OCH3 is 1. The van der Waals surface area contributed by atoms with Crippen LogP contribution in [-0.4, -0.2) is 20.0 Å². The highest BCUT2D eigenvalue weighted by atomic mass is 31.2. The van der Waals surface area contributed by atoms with Gasteiger partial charge in [-0.1, -0.05) is 13.0 Å². The Balaban J connectivity index is 2.35. The van der Waals surface area contributed by atoms with Crippen LogP contribution in [0.4, 0.5) is 0 Å². The van der Waals surface area contributed by atoms with Crippen LogP contribution in [0.3, 0.4) is 0 Å². The molecule has 2 atom stereocenters. The molecule has 2 unspecified atom stereocenters. The molecule has 6 nitrogen and oxygen atoms in total. The fourth-order valence-electron chi connectivity index (χ4n) is 1.30. The predicted octanol–water partition coefficient (Wildman–Crippen LogP) is 0.858. The first-order valence-corrected chi connectivity index (χ1v) is 7.14. The molecule has 102 valence electrons. The molecule has 1 rings (SSSR count). The van der Waals surface area contributed by atoms with E-state index in [1.165, 1.54) is 7.11 Å². The average molecular weight is 275 g/mol. The summed E-state index contributed by atoms with van der Waals surface area (Å²) in [5.41, 5.74) is 0. The fraction of sp³-hybridized carbons (Fsp3) is 0.545. The van der Waals surface area contributed by atoms with E-state index < -0.39 is 14.1 Å². The second-order valence-electron chi connectivity index (χ2n) is 3.57. The van der Waals surface area contributed by atoms with Crippen LogP contribution in [0, 0.1) is 0 Å². The van der Waals surface area contributed by atoms with Gasteiger partial charge in [0.2, 0.25) is 0 Å². The lowest BCUT2D eigenvalue weighted by Gasteiger charge is -2.26. The number of hydrogen-bond donors (Lipinski definition) is 0. The molecule has 7 heteroatoms. The number of phosphoric acid groups is 1. The first-order chi connectivity index (χ1) is 8.57. The van der Waals surface area contributed by atoms with Gasteiger partial charge in [0.05, 0.1) is 0 Å². The molecule has 0 spiro atoms. The number of nitrogens with zero attached hydrogens (tertiary/aromatic N) is 1. The molecule has 0 radical (unpaired) electrons. The van der Waals surface area contributed by atoms with Crippen LogP contribution < -0.4 is 9.46 Å². The summed E-state index contributed by atoms with van der Waals surface area (Å²) < 4.78 is 27.5. The summed E-state index contributed by atoms with van der Waals surface area (Å²) in [6.07, 6.45) is 3.28. The van der Waals surface area contributed by atoms with E-state index in [-0.39, 0.29) is 6.61 Å². The van der Waals surface area contributed by atoms with Crippen LogP contribution in [0.25, 0.3) is 0 Å². The number of rotatable bonds is 8. The largest absolute Gasteiger partial charge is 0.756 e. The molecule has 0 aliphatic carbocycles. The Kier molecular flexibility index (Phi) is 6.46. The minimum atomic E-state index is -4.31. The molecule has 0 saturated carbocycles. The lowest BCUT2D eigenvalue weighted by atomic mass is 10.5. The molecule has 0 saturated heterocycles. The third-order valence-corrected chi connectivity index (χ3v) is 3.21. The molecule has 0 N–H and O–H groups in total. The van der Waals surface area contributed by atoms with Crippen molar-refractivity contribution in [1.82, 2.24) is 0 Å². The molecule has 1 aromatic rings. The number of phosphoric ester groups is 1. The van der Waals surface area contributed by atoms with Crippen molar-refractivity contribution in [3.05, 3.63) is 30.6 Å². The topological polar surface area (TPSA) is 71.7 Å². The van der Waals surface area contributed by atoms with Gasteiger partial charge in [0.1, 0.15) is 6.61 Å². The molecule has 0 aromatic carbocycles. The maximum Gasteiger partial charge on any atom is 0.270 e. The Labute approximate surface area is 107 Å². The zero-order valence-electron chi connectivity index (χ0n) is 10.5. The lowest BCUT2D eigenvalue weighted by molar-refractivity contribution is -0.697. The third-order valence-electron chi connectivity index (χ3n) is 2.22. The maximum absolute atomic E-state index is 11.4. The average Bonchev–Trinajstić information content (AvgIpc) is 2.37. The molecule has 0 bridgehead atoms. The second kappa shape index (κ2) is 7.61. The van der Waals surface area contributed by atoms with Gasteiger partial charge < -0.3 is 14.2 Å². The van der Waals surface area contributed by atoms with E-state index in [1.807, 2.05) is 35.2 Å². The molecule has 1 heterocycles. The third kappa shape index (κ3) is 5.71. The Morgan fingerprint density at radius 2 is 2.00 bits per heavy atom. The van der Waals surface area contributed by atoms with E-state index in [0.29, 0.717) is 13.0 Å². The van der Waals surface area contributed by atoms with E-state index in [9.17, 15) is 9.46 Å². The normalized spacial score (nSPS) is 16.2. The van der Waals surface area contributed by atoms with Gasteiger partial charge in [0.15, 0.2) is 25.2 Å². The summed E-state index contributed by atoms with van der Waals surface area (Å²) >= 11 is 0. The highest BCUT2D eigenvalue weighted by Gasteiger charge is 2.16. The van der Waals surface area contributed by atoms with Crippen molar-refractivity contribution in [3.63, 3.8) is 0 Å². The van der Waals surface area contributed by atoms with E-state index >= 15 is 0 Å². The first-order valence-electron chi connectivity index (χ1n) is 5.68. The summed E-state index contributed by atoms with van der Waals surface area (Å²) in [5.74, 6) is 0. The van der Waals surface area contributed by atoms with Gasteiger partial charge >= 0.3 is 0 Å². The molecule has 0 aliphatic heterocycles. The Bertz CT molecular complexity index is 382. The Hall–Kier alpha value is -0.780. The zero-order chi connectivity index (χ0) is 13.4. The number of hydrogen-bond acceptors (Lipinski definition) is 5. The monoisotopic (exact) mass is 275 g/mol. The van der Waals surface area contributed by atoms with Gasteiger partial charge in [-0.3, -0.25) is 9.09 Å². The SMILES string of the molecule is CCC(OC)OP(=O)([O-])OCC[n+]1ccccc1. The molecular formula is C11H18NO5P. The van der Waals surface area contributed by atoms with E-state index in [2.05, 4.69) is 0 Å². The zero-order valence-corrected chi connectivity index (χ0v) is 11.4. The highest BCUT2D eigenvalue weighted by molar-refractivity contribution is 7.45. The Morgan fingerprint density at radius 3 is 2.56 bits per heavy atom. The second-order valence-corrected chi connectivity index (χ2v) is 4.94. The smallest absolute Gasteiger partial charge is 0.270 e. The summed E-state index contributed by atoms with van der Waals surface area (Å²) in [6, 6.07) is 5.58. The molecule has 0 fully saturated rings. The van der Waals surface area contributed by atoms with E-state index in [0.717, 1.165) is 0 Å². The van der Waals surface area contributed by atoms with Gasteiger partial charge in [0.25, 0.3) is 7.82 Å². The van der Waals surface area contributed by atoms with Crippen molar-refractivity contribution in [2.75, 3.05) is 13.7 Å². The first kappa shape index (κ1) is 15.3. The molecular weight excluding hydrogens is 257 g/mol. The quantitative estimate of drug-likeness (QED) is 0.400. The minimum Gasteiger partial charge on any atom is -0.756 e. The summed E-state index contributed by atoms with van der Waals surface area (Å²) in [7, 11) is -2.92. The summed E-state index contributed by atoms with van der Waals surface area (Å²) in [4.78, 5) is 11.4. The van der Waals surface area contributed by atoms with Crippen LogP contribution in [0.5, 0.6) is 0 Å². The molecule has 1 aromatic heterocycles. The van der Waals surface area contributed by atoms with Crippen molar-refractivity contribution in [3.8, 4) is 0 Å². The maximum atomic E-state index is 11.4. The molecule has 0 aliphatic rings. The molecule has 18 heavy (non-hydrogen) atoms. The van der Waals surface area contributed by atoms with Crippen molar-refractivity contribution in [1.29, 1.82) is 0 Å². The van der Waals surface area contributed by atoms with E-state index in [1.54, 1.807) is 6.92 Å². The highest BCUT2D eigenvalue weighted by Crippen LogP contribution is 2.40. The fourth-order valence-corrected chi connectivity index (χ4v) is 2.19. The van der Waals surface area contributed by atoms with Crippen molar-refractivity contribution < 1.29 is 27.8 Å². The van der Waals surface area contributed by atoms with Gasteiger partial charge in [-0.15, -0.1) is 0 Å². The number of ether oxygens (including phenoxy) is 1. The van der Waals surface area contributed by atoms with Gasteiger partial charge in [-0.05, 0) is 6.42 Å². The van der Waals surface area contributed by atoms with Crippen molar-refractivity contribution in [2.45, 2.75) is 26.2 Å². The number of aromatic nitrogens is 1. The molecule has 0 amide bonds. The lowest BCUT2D eigenvalue weighted by Crippen LogP contribution is -2.35. The number of pyridine rings is 1. The van der Waals surface area contributed by atoms with Crippen LogP contribution in [-0.2, 0) is 24.9 Å². The van der Waals surface area contributed by atoms with Gasteiger partial charge in [-0.2, -0.15) is 0 Å². The minimum absolute atomic E-state index is 0.0234. The van der Waals surface area contributed by atoms with Crippen LogP contribution in [0.2, 0.25) is 0 Å². The van der Waals surface area contributed by atoms with Gasteiger partial charge in [-0.25, -0.2) is 4.57 Å². The van der Waals surface area contributed by atoms with Crippen LogP contribution >= 0.6 is 7.82 Å². The summed E-state index contributed by atoms with van der Waals surface area (Å²) in [5, 5.41) is 0. The predicted molar refractivity (Wildman–Crippen MR) is 62.4 cm³/mol. The van der Waals surface area contributed by atoms with Crippen molar-refractivity contribution in [2.24, 2.45) is 0 Å². The van der Waals surface area contributed by atoms with Crippen LogP contribution in [0.1, 0.15) is 13.3 Å².